The van der Waals surface area contributed by atoms with E-state index in [1.807, 2.05) is 12.1 Å². The van der Waals surface area contributed by atoms with Crippen LogP contribution in [-0.4, -0.2) is 17.1 Å². The van der Waals surface area contributed by atoms with E-state index >= 15 is 0 Å². The highest BCUT2D eigenvalue weighted by Gasteiger charge is 2.16. The number of halogens is 1. The number of nitro groups is 1. The minimum absolute atomic E-state index is 0.0633. The van der Waals surface area contributed by atoms with E-state index in [0.29, 0.717) is 16.5 Å². The summed E-state index contributed by atoms with van der Waals surface area (Å²) in [6.07, 6.45) is 1.75. The zero-order chi connectivity index (χ0) is 16.1. The van der Waals surface area contributed by atoms with Crippen molar-refractivity contribution in [2.24, 2.45) is 0 Å². The van der Waals surface area contributed by atoms with Crippen molar-refractivity contribution in [3.63, 3.8) is 0 Å². The summed E-state index contributed by atoms with van der Waals surface area (Å²) >= 11 is 7.06. The van der Waals surface area contributed by atoms with E-state index in [1.54, 1.807) is 30.5 Å². The van der Waals surface area contributed by atoms with Gasteiger partial charge in [-0.25, -0.2) is 0 Å². The summed E-state index contributed by atoms with van der Waals surface area (Å²) in [5, 5.41) is 14.4. The van der Waals surface area contributed by atoms with Crippen LogP contribution in [0.3, 0.4) is 0 Å². The van der Waals surface area contributed by atoms with E-state index in [0.717, 1.165) is 5.56 Å². The van der Waals surface area contributed by atoms with Crippen molar-refractivity contribution in [1.29, 1.82) is 0 Å². The SMILES string of the molecule is CSc1ccc(C(=O)NCc2ccc(Cl)cc2)cc1[N+](=O)[O-]. The molecule has 0 aliphatic carbocycles. The Morgan fingerprint density at radius 1 is 1.27 bits per heavy atom. The van der Waals surface area contributed by atoms with E-state index < -0.39 is 4.92 Å². The number of thioether (sulfide) groups is 1. The van der Waals surface area contributed by atoms with E-state index in [9.17, 15) is 14.9 Å². The molecule has 0 radical (unpaired) electrons. The van der Waals surface area contributed by atoms with Crippen LogP contribution < -0.4 is 5.32 Å². The Morgan fingerprint density at radius 2 is 1.95 bits per heavy atom. The number of nitro benzene ring substituents is 1. The number of amides is 1. The van der Waals surface area contributed by atoms with Gasteiger partial charge in [0.2, 0.25) is 0 Å². The number of carbonyl (C=O) groups excluding carboxylic acids is 1. The van der Waals surface area contributed by atoms with Gasteiger partial charge in [-0.05, 0) is 36.1 Å². The molecular formula is C15H13ClN2O3S. The summed E-state index contributed by atoms with van der Waals surface area (Å²) in [4.78, 5) is 23.2. The van der Waals surface area contributed by atoms with Gasteiger partial charge in [-0.1, -0.05) is 23.7 Å². The van der Waals surface area contributed by atoms with Gasteiger partial charge in [-0.15, -0.1) is 11.8 Å². The third-order valence-corrected chi connectivity index (χ3v) is 4.04. The molecule has 0 aromatic heterocycles. The quantitative estimate of drug-likeness (QED) is 0.510. The van der Waals surface area contributed by atoms with Gasteiger partial charge in [0.15, 0.2) is 0 Å². The fraction of sp³-hybridized carbons (Fsp3) is 0.133. The van der Waals surface area contributed by atoms with Crippen molar-refractivity contribution < 1.29 is 9.72 Å². The number of carbonyl (C=O) groups is 1. The lowest BCUT2D eigenvalue weighted by molar-refractivity contribution is -0.387. The van der Waals surface area contributed by atoms with Gasteiger partial charge >= 0.3 is 0 Å². The Kier molecular flexibility index (Phi) is 5.41. The lowest BCUT2D eigenvalue weighted by atomic mass is 10.1. The first-order chi connectivity index (χ1) is 10.5. The van der Waals surface area contributed by atoms with E-state index in [1.165, 1.54) is 17.8 Å². The number of nitrogens with one attached hydrogen (secondary N) is 1. The van der Waals surface area contributed by atoms with Crippen molar-refractivity contribution in [3.05, 3.63) is 68.7 Å². The zero-order valence-corrected chi connectivity index (χ0v) is 13.3. The van der Waals surface area contributed by atoms with Crippen LogP contribution in [-0.2, 0) is 6.54 Å². The van der Waals surface area contributed by atoms with Crippen LogP contribution in [0, 0.1) is 10.1 Å². The van der Waals surface area contributed by atoms with Crippen LogP contribution in [0.1, 0.15) is 15.9 Å². The Hall–Kier alpha value is -2.05. The third-order valence-electron chi connectivity index (χ3n) is 3.00. The second kappa shape index (κ2) is 7.29. The molecule has 2 rings (SSSR count). The van der Waals surface area contributed by atoms with Crippen LogP contribution >= 0.6 is 23.4 Å². The first kappa shape index (κ1) is 16.3. The summed E-state index contributed by atoms with van der Waals surface area (Å²) in [6, 6.07) is 11.5. The van der Waals surface area contributed by atoms with Crippen molar-refractivity contribution in [1.82, 2.24) is 5.32 Å². The Labute approximate surface area is 136 Å². The molecule has 0 spiro atoms. The molecule has 1 amide bonds. The van der Waals surface area contributed by atoms with Crippen molar-refractivity contribution >= 4 is 35.0 Å². The molecule has 0 fully saturated rings. The molecule has 7 heteroatoms. The number of nitrogens with zero attached hydrogens (tertiary/aromatic N) is 1. The number of hydrogen-bond acceptors (Lipinski definition) is 4. The molecule has 22 heavy (non-hydrogen) atoms. The van der Waals surface area contributed by atoms with E-state index in [4.69, 9.17) is 11.6 Å². The molecule has 0 saturated carbocycles. The summed E-state index contributed by atoms with van der Waals surface area (Å²) < 4.78 is 0. The highest BCUT2D eigenvalue weighted by molar-refractivity contribution is 7.98. The molecular weight excluding hydrogens is 324 g/mol. The molecule has 0 unspecified atom stereocenters. The Balaban J connectivity index is 2.10. The summed E-state index contributed by atoms with van der Waals surface area (Å²) in [7, 11) is 0. The second-order valence-electron chi connectivity index (χ2n) is 4.45. The van der Waals surface area contributed by atoms with E-state index in [2.05, 4.69) is 5.32 Å². The monoisotopic (exact) mass is 336 g/mol. The lowest BCUT2D eigenvalue weighted by Crippen LogP contribution is -2.22. The molecule has 1 N–H and O–H groups in total. The van der Waals surface area contributed by atoms with Crippen LogP contribution in [0.5, 0.6) is 0 Å². The first-order valence-electron chi connectivity index (χ1n) is 6.36. The number of rotatable bonds is 5. The van der Waals surface area contributed by atoms with E-state index in [-0.39, 0.29) is 17.2 Å². The maximum atomic E-state index is 12.1. The molecule has 2 aromatic carbocycles. The topological polar surface area (TPSA) is 72.2 Å². The Morgan fingerprint density at radius 3 is 2.55 bits per heavy atom. The minimum Gasteiger partial charge on any atom is -0.348 e. The standard InChI is InChI=1S/C15H13ClN2O3S/c1-22-14-7-4-11(8-13(14)18(20)21)15(19)17-9-10-2-5-12(16)6-3-10/h2-8H,9H2,1H3,(H,17,19). The fourth-order valence-electron chi connectivity index (χ4n) is 1.86. The number of benzene rings is 2. The minimum atomic E-state index is -0.484. The van der Waals surface area contributed by atoms with Crippen LogP contribution in [0.2, 0.25) is 5.02 Å². The molecule has 0 heterocycles. The molecule has 0 saturated heterocycles. The fourth-order valence-corrected chi connectivity index (χ4v) is 2.53. The van der Waals surface area contributed by atoms with Gasteiger partial charge in [0.1, 0.15) is 0 Å². The smallest absolute Gasteiger partial charge is 0.283 e. The molecule has 5 nitrogen and oxygen atoms in total. The highest BCUT2D eigenvalue weighted by atomic mass is 35.5. The Bertz CT molecular complexity index is 704. The van der Waals surface area contributed by atoms with Crippen LogP contribution in [0.15, 0.2) is 47.4 Å². The van der Waals surface area contributed by atoms with Gasteiger partial charge in [-0.2, -0.15) is 0 Å². The molecule has 0 aliphatic heterocycles. The zero-order valence-electron chi connectivity index (χ0n) is 11.7. The maximum absolute atomic E-state index is 12.1. The summed E-state index contributed by atoms with van der Waals surface area (Å²) in [5.41, 5.74) is 1.10. The maximum Gasteiger partial charge on any atom is 0.283 e. The second-order valence-corrected chi connectivity index (χ2v) is 5.74. The summed E-state index contributed by atoms with van der Waals surface area (Å²) in [6.45, 7) is 0.327. The van der Waals surface area contributed by atoms with Crippen molar-refractivity contribution in [2.75, 3.05) is 6.26 Å². The normalized spacial score (nSPS) is 10.3. The summed E-state index contributed by atoms with van der Waals surface area (Å²) in [5.74, 6) is -0.356. The molecule has 0 atom stereocenters. The van der Waals surface area contributed by atoms with Gasteiger partial charge in [0, 0.05) is 23.2 Å². The van der Waals surface area contributed by atoms with Crippen molar-refractivity contribution in [2.45, 2.75) is 11.4 Å². The van der Waals surface area contributed by atoms with Crippen molar-refractivity contribution in [3.8, 4) is 0 Å². The molecule has 114 valence electrons. The third kappa shape index (κ3) is 3.99. The predicted molar refractivity (Wildman–Crippen MR) is 87.5 cm³/mol. The molecule has 0 aliphatic rings. The van der Waals surface area contributed by atoms with Gasteiger partial charge in [-0.3, -0.25) is 14.9 Å². The predicted octanol–water partition coefficient (Wildman–Crippen LogP) is 3.90. The average Bonchev–Trinajstić information content (AvgIpc) is 2.53. The lowest BCUT2D eigenvalue weighted by Gasteiger charge is -2.07. The van der Waals surface area contributed by atoms with Gasteiger partial charge in [0.25, 0.3) is 11.6 Å². The number of hydrogen-bond donors (Lipinski definition) is 1. The van der Waals surface area contributed by atoms with Crippen LogP contribution in [0.25, 0.3) is 0 Å². The van der Waals surface area contributed by atoms with Gasteiger partial charge in [0.05, 0.1) is 9.82 Å². The largest absolute Gasteiger partial charge is 0.348 e. The molecule has 2 aromatic rings. The highest BCUT2D eigenvalue weighted by Crippen LogP contribution is 2.28. The average molecular weight is 337 g/mol. The van der Waals surface area contributed by atoms with Crippen LogP contribution in [0.4, 0.5) is 5.69 Å². The van der Waals surface area contributed by atoms with Gasteiger partial charge < -0.3 is 5.32 Å². The first-order valence-corrected chi connectivity index (χ1v) is 7.96. The molecule has 0 bridgehead atoms.